The van der Waals surface area contributed by atoms with Crippen LogP contribution in [0.25, 0.3) is 0 Å². The summed E-state index contributed by atoms with van der Waals surface area (Å²) in [7, 11) is -3.59. The minimum Gasteiger partial charge on any atom is -0.350 e. The predicted molar refractivity (Wildman–Crippen MR) is 103 cm³/mol. The fourth-order valence-corrected chi connectivity index (χ4v) is 5.29. The van der Waals surface area contributed by atoms with E-state index < -0.39 is 10.0 Å². The summed E-state index contributed by atoms with van der Waals surface area (Å²) in [5, 5.41) is 2.69. The first-order chi connectivity index (χ1) is 11.2. The highest BCUT2D eigenvalue weighted by Gasteiger charge is 2.17. The first kappa shape index (κ1) is 19.6. The summed E-state index contributed by atoms with van der Waals surface area (Å²) >= 11 is 7.96. The zero-order valence-electron chi connectivity index (χ0n) is 13.0. The molecule has 2 aromatic rings. The van der Waals surface area contributed by atoms with Gasteiger partial charge in [-0.3, -0.25) is 4.79 Å². The van der Waals surface area contributed by atoms with E-state index in [4.69, 9.17) is 0 Å². The second-order valence-corrected chi connectivity index (χ2v) is 10.1. The Morgan fingerprint density at radius 1 is 1.17 bits per heavy atom. The van der Waals surface area contributed by atoms with Crippen LogP contribution >= 0.6 is 43.2 Å². The first-order valence-electron chi connectivity index (χ1n) is 7.00. The van der Waals surface area contributed by atoms with Crippen LogP contribution in [0.1, 0.15) is 20.8 Å². The van der Waals surface area contributed by atoms with Gasteiger partial charge in [0.25, 0.3) is 5.91 Å². The van der Waals surface area contributed by atoms with E-state index in [1.807, 2.05) is 13.0 Å². The lowest BCUT2D eigenvalue weighted by atomic mass is 10.2. The van der Waals surface area contributed by atoms with E-state index in [0.717, 1.165) is 13.8 Å². The zero-order valence-corrected chi connectivity index (χ0v) is 17.8. The quantitative estimate of drug-likeness (QED) is 0.601. The maximum Gasteiger partial charge on any atom is 0.261 e. The molecule has 2 rings (SSSR count). The van der Waals surface area contributed by atoms with Crippen molar-refractivity contribution in [3.05, 3.63) is 48.5 Å². The highest BCUT2D eigenvalue weighted by atomic mass is 79.9. The molecule has 130 valence electrons. The lowest BCUT2D eigenvalue weighted by molar-refractivity contribution is 0.0958. The van der Waals surface area contributed by atoms with Crippen LogP contribution in [0, 0.1) is 13.8 Å². The second-order valence-electron chi connectivity index (χ2n) is 5.15. The molecule has 0 saturated heterocycles. The number of hydrogen-bond acceptors (Lipinski definition) is 4. The first-order valence-corrected chi connectivity index (χ1v) is 10.9. The van der Waals surface area contributed by atoms with Crippen molar-refractivity contribution in [3.8, 4) is 0 Å². The lowest BCUT2D eigenvalue weighted by Crippen LogP contribution is -2.34. The zero-order chi connectivity index (χ0) is 17.9. The highest BCUT2D eigenvalue weighted by molar-refractivity contribution is 9.13. The van der Waals surface area contributed by atoms with Gasteiger partial charge in [0.1, 0.15) is 0 Å². The summed E-state index contributed by atoms with van der Waals surface area (Å²) < 4.78 is 28.8. The molecule has 9 heteroatoms. The van der Waals surface area contributed by atoms with Crippen molar-refractivity contribution < 1.29 is 13.2 Å². The van der Waals surface area contributed by atoms with E-state index in [1.54, 1.807) is 25.1 Å². The van der Waals surface area contributed by atoms with E-state index >= 15 is 0 Å². The molecule has 24 heavy (non-hydrogen) atoms. The molecule has 1 aromatic carbocycles. The van der Waals surface area contributed by atoms with E-state index in [1.165, 1.54) is 11.3 Å². The molecule has 5 nitrogen and oxygen atoms in total. The van der Waals surface area contributed by atoms with Crippen LogP contribution < -0.4 is 10.0 Å². The van der Waals surface area contributed by atoms with Crippen molar-refractivity contribution in [2.24, 2.45) is 0 Å². The van der Waals surface area contributed by atoms with Crippen LogP contribution in [0.4, 0.5) is 0 Å². The van der Waals surface area contributed by atoms with Gasteiger partial charge in [0, 0.05) is 17.6 Å². The largest absolute Gasteiger partial charge is 0.350 e. The molecule has 0 atom stereocenters. The Morgan fingerprint density at radius 3 is 2.50 bits per heavy atom. The number of amides is 1. The third kappa shape index (κ3) is 4.89. The molecule has 0 aliphatic heterocycles. The van der Waals surface area contributed by atoms with Gasteiger partial charge in [-0.05, 0) is 69.0 Å². The normalized spacial score (nSPS) is 11.5. The number of thiophene rings is 1. The molecule has 0 spiro atoms. The van der Waals surface area contributed by atoms with Crippen molar-refractivity contribution in [2.75, 3.05) is 13.1 Å². The molecular formula is C15H16Br2N2O3S2. The molecule has 0 fully saturated rings. The molecule has 1 amide bonds. The molecule has 1 aromatic heterocycles. The molecule has 2 N–H and O–H groups in total. The van der Waals surface area contributed by atoms with Crippen molar-refractivity contribution in [1.82, 2.24) is 10.0 Å². The monoisotopic (exact) mass is 494 g/mol. The fourth-order valence-electron chi connectivity index (χ4n) is 1.98. The molecule has 0 aliphatic rings. The van der Waals surface area contributed by atoms with Gasteiger partial charge in [0.15, 0.2) is 0 Å². The van der Waals surface area contributed by atoms with Gasteiger partial charge < -0.3 is 5.32 Å². The summed E-state index contributed by atoms with van der Waals surface area (Å²) in [6.07, 6.45) is 0. The van der Waals surface area contributed by atoms with Gasteiger partial charge in [-0.15, -0.1) is 11.3 Å². The lowest BCUT2D eigenvalue weighted by Gasteiger charge is -2.10. The maximum atomic E-state index is 12.3. The van der Waals surface area contributed by atoms with Crippen molar-refractivity contribution >= 4 is 59.1 Å². The topological polar surface area (TPSA) is 75.3 Å². The van der Waals surface area contributed by atoms with Crippen molar-refractivity contribution in [1.29, 1.82) is 0 Å². The Kier molecular flexibility index (Phi) is 6.60. The molecular weight excluding hydrogens is 480 g/mol. The Morgan fingerprint density at radius 2 is 1.88 bits per heavy atom. The third-order valence-electron chi connectivity index (χ3n) is 3.20. The van der Waals surface area contributed by atoms with Gasteiger partial charge in [0.05, 0.1) is 13.6 Å². The van der Waals surface area contributed by atoms with Gasteiger partial charge >= 0.3 is 0 Å². The number of benzene rings is 1. The molecule has 0 bridgehead atoms. The number of sulfonamides is 1. The van der Waals surface area contributed by atoms with Gasteiger partial charge in [0.2, 0.25) is 10.0 Å². The molecule has 0 saturated carbocycles. The Bertz CT molecular complexity index is 844. The van der Waals surface area contributed by atoms with Gasteiger partial charge in [-0.2, -0.15) is 0 Å². The van der Waals surface area contributed by atoms with E-state index in [0.29, 0.717) is 10.4 Å². The van der Waals surface area contributed by atoms with Crippen molar-refractivity contribution in [3.63, 3.8) is 0 Å². The molecule has 0 aliphatic carbocycles. The average Bonchev–Trinajstić information content (AvgIpc) is 2.85. The van der Waals surface area contributed by atoms with Gasteiger partial charge in [-0.1, -0.05) is 12.1 Å². The maximum absolute atomic E-state index is 12.3. The number of aryl methyl sites for hydroxylation is 2. The predicted octanol–water partition coefficient (Wildman–Crippen LogP) is 3.60. The molecule has 0 radical (unpaired) electrons. The second kappa shape index (κ2) is 8.09. The van der Waals surface area contributed by atoms with Crippen LogP contribution in [-0.4, -0.2) is 27.4 Å². The fraction of sp³-hybridized carbons (Fsp3) is 0.267. The van der Waals surface area contributed by atoms with Crippen LogP contribution in [0.15, 0.2) is 37.4 Å². The molecule has 1 heterocycles. The van der Waals surface area contributed by atoms with Crippen LogP contribution in [0.2, 0.25) is 0 Å². The number of carbonyl (C=O) groups is 1. The van der Waals surface area contributed by atoms with E-state index in [-0.39, 0.29) is 23.9 Å². The smallest absolute Gasteiger partial charge is 0.261 e. The van der Waals surface area contributed by atoms with Crippen LogP contribution in [0.3, 0.4) is 0 Å². The number of rotatable bonds is 6. The van der Waals surface area contributed by atoms with Crippen LogP contribution in [-0.2, 0) is 10.0 Å². The Balaban J connectivity index is 1.91. The summed E-state index contributed by atoms with van der Waals surface area (Å²) in [6.45, 7) is 3.92. The van der Waals surface area contributed by atoms with E-state index in [2.05, 4.69) is 41.9 Å². The number of halogens is 2. The number of hydrogen-bond donors (Lipinski definition) is 2. The third-order valence-corrected chi connectivity index (χ3v) is 8.06. The number of carbonyl (C=O) groups excluding carboxylic acids is 1. The van der Waals surface area contributed by atoms with Crippen molar-refractivity contribution in [2.45, 2.75) is 18.7 Å². The van der Waals surface area contributed by atoms with Crippen LogP contribution in [0.5, 0.6) is 0 Å². The summed E-state index contributed by atoms with van der Waals surface area (Å²) in [5.74, 6) is -0.239. The molecule has 0 unspecified atom stereocenters. The Labute approximate surface area is 162 Å². The standard InChI is InChI=1S/C15H16Br2N2O3S2/c1-9-3-4-10(2)13(7-9)24(21,22)19-6-5-18-15(20)12-8-11(16)14(17)23-12/h3-4,7-8,19H,5-6H2,1-2H3,(H,18,20). The summed E-state index contributed by atoms with van der Waals surface area (Å²) in [4.78, 5) is 12.8. The number of nitrogens with one attached hydrogen (secondary N) is 2. The minimum atomic E-state index is -3.59. The van der Waals surface area contributed by atoms with Gasteiger partial charge in [-0.25, -0.2) is 13.1 Å². The minimum absolute atomic E-state index is 0.120. The average molecular weight is 496 g/mol. The highest BCUT2D eigenvalue weighted by Crippen LogP contribution is 2.32. The SMILES string of the molecule is Cc1ccc(C)c(S(=O)(=O)NCCNC(=O)c2cc(Br)c(Br)s2)c1. The summed E-state index contributed by atoms with van der Waals surface area (Å²) in [5.41, 5.74) is 1.56. The Hall–Kier alpha value is -0.740. The summed E-state index contributed by atoms with van der Waals surface area (Å²) in [6, 6.07) is 6.99. The van der Waals surface area contributed by atoms with E-state index in [9.17, 15) is 13.2 Å².